The van der Waals surface area contributed by atoms with Crippen molar-refractivity contribution in [1.82, 2.24) is 19.9 Å². The van der Waals surface area contributed by atoms with Gasteiger partial charge in [-0.05, 0) is 24.6 Å². The van der Waals surface area contributed by atoms with E-state index in [0.29, 0.717) is 29.0 Å². The fraction of sp³-hybridized carbons (Fsp3) is 0.111. The fourth-order valence-corrected chi connectivity index (χ4v) is 4.56. The summed E-state index contributed by atoms with van der Waals surface area (Å²) >= 11 is 1.44. The third-order valence-electron chi connectivity index (χ3n) is 5.53. The topological polar surface area (TPSA) is 79.0 Å². The van der Waals surface area contributed by atoms with E-state index < -0.39 is 0 Å². The van der Waals surface area contributed by atoms with Gasteiger partial charge in [-0.3, -0.25) is 9.59 Å². The molecule has 0 bridgehead atoms. The van der Waals surface area contributed by atoms with Gasteiger partial charge in [0.05, 0.1) is 17.4 Å². The summed E-state index contributed by atoms with van der Waals surface area (Å²) in [6.45, 7) is 2.56. The number of hydrogen-bond acceptors (Lipinski definition) is 5. The Morgan fingerprint density at radius 2 is 1.65 bits per heavy atom. The maximum atomic E-state index is 13.6. The highest BCUT2D eigenvalue weighted by atomic mass is 32.1. The Balaban J connectivity index is 1.47. The molecule has 6 nitrogen and oxygen atoms in total. The molecule has 2 aromatic heterocycles. The molecular weight excluding hydrogens is 444 g/mol. The van der Waals surface area contributed by atoms with Crippen molar-refractivity contribution >= 4 is 28.1 Å². The van der Waals surface area contributed by atoms with Gasteiger partial charge in [0.25, 0.3) is 11.5 Å². The van der Waals surface area contributed by atoms with Crippen LogP contribution in [0.4, 0.5) is 0 Å². The van der Waals surface area contributed by atoms with Crippen molar-refractivity contribution in [1.29, 1.82) is 0 Å². The molecular formula is C27H22N4O2S. The van der Waals surface area contributed by atoms with Crippen LogP contribution in [0.5, 0.6) is 0 Å². The lowest BCUT2D eigenvalue weighted by Gasteiger charge is -2.21. The number of para-hydroxylation sites is 1. The number of amides is 1. The average molecular weight is 467 g/mol. The first kappa shape index (κ1) is 21.7. The molecule has 5 rings (SSSR count). The molecule has 2 heterocycles. The second-order valence-corrected chi connectivity index (χ2v) is 8.94. The molecule has 0 radical (unpaired) electrons. The van der Waals surface area contributed by atoms with Crippen molar-refractivity contribution in [3.8, 4) is 10.6 Å². The van der Waals surface area contributed by atoms with Gasteiger partial charge < -0.3 is 9.88 Å². The summed E-state index contributed by atoms with van der Waals surface area (Å²) < 4.78 is 0. The maximum Gasteiger partial charge on any atom is 0.274 e. The minimum absolute atomic E-state index is 0.158. The number of benzene rings is 3. The van der Waals surface area contributed by atoms with Crippen molar-refractivity contribution in [2.75, 3.05) is 0 Å². The predicted octanol–water partition coefficient (Wildman–Crippen LogP) is 5.20. The van der Waals surface area contributed by atoms with Crippen molar-refractivity contribution in [3.63, 3.8) is 0 Å². The van der Waals surface area contributed by atoms with E-state index in [0.717, 1.165) is 16.1 Å². The SMILES string of the molecule is Cc1ccc(-c2nc(C(=O)N(Cc3ccccc3)Cc3nc4ccccc4c(=O)[nH]3)cs2)cc1. The molecule has 0 saturated carbocycles. The molecule has 5 aromatic rings. The van der Waals surface area contributed by atoms with Crippen LogP contribution in [0, 0.1) is 6.92 Å². The zero-order chi connectivity index (χ0) is 23.5. The van der Waals surface area contributed by atoms with Crippen LogP contribution in [0.2, 0.25) is 0 Å². The average Bonchev–Trinajstić information content (AvgIpc) is 3.35. The number of carbonyl (C=O) groups is 1. The van der Waals surface area contributed by atoms with Gasteiger partial charge in [0, 0.05) is 17.5 Å². The van der Waals surface area contributed by atoms with Crippen LogP contribution in [-0.2, 0) is 13.1 Å². The summed E-state index contributed by atoms with van der Waals surface area (Å²) in [7, 11) is 0. The molecule has 3 aromatic carbocycles. The highest BCUT2D eigenvalue weighted by Crippen LogP contribution is 2.25. The number of rotatable bonds is 6. The summed E-state index contributed by atoms with van der Waals surface area (Å²) in [5.74, 6) is 0.219. The molecule has 34 heavy (non-hydrogen) atoms. The van der Waals surface area contributed by atoms with Crippen LogP contribution in [0.25, 0.3) is 21.5 Å². The van der Waals surface area contributed by atoms with Gasteiger partial charge in [-0.25, -0.2) is 9.97 Å². The summed E-state index contributed by atoms with van der Waals surface area (Å²) in [5.41, 5.74) is 3.88. The first-order valence-corrected chi connectivity index (χ1v) is 11.8. The number of thiazole rings is 1. The monoisotopic (exact) mass is 466 g/mol. The normalized spacial score (nSPS) is 11.0. The largest absolute Gasteiger partial charge is 0.325 e. The van der Waals surface area contributed by atoms with E-state index in [1.165, 1.54) is 16.9 Å². The van der Waals surface area contributed by atoms with E-state index in [-0.39, 0.29) is 18.0 Å². The van der Waals surface area contributed by atoms with Gasteiger partial charge in [0.15, 0.2) is 0 Å². The van der Waals surface area contributed by atoms with Crippen LogP contribution >= 0.6 is 11.3 Å². The number of aromatic nitrogens is 3. The van der Waals surface area contributed by atoms with Crippen molar-refractivity contribution in [2.24, 2.45) is 0 Å². The molecule has 1 amide bonds. The Hall–Kier alpha value is -4.10. The minimum Gasteiger partial charge on any atom is -0.325 e. The van der Waals surface area contributed by atoms with Gasteiger partial charge in [-0.15, -0.1) is 11.3 Å². The van der Waals surface area contributed by atoms with E-state index >= 15 is 0 Å². The first-order chi connectivity index (χ1) is 16.6. The number of aryl methyl sites for hydroxylation is 1. The lowest BCUT2D eigenvalue weighted by molar-refractivity contribution is 0.0720. The number of carbonyl (C=O) groups excluding carboxylic acids is 1. The van der Waals surface area contributed by atoms with Crippen molar-refractivity contribution < 1.29 is 4.79 Å². The highest BCUT2D eigenvalue weighted by Gasteiger charge is 2.21. The third kappa shape index (κ3) is 4.65. The maximum absolute atomic E-state index is 13.6. The molecule has 7 heteroatoms. The number of nitrogens with zero attached hydrogens (tertiary/aromatic N) is 3. The zero-order valence-corrected chi connectivity index (χ0v) is 19.4. The van der Waals surface area contributed by atoms with Crippen LogP contribution in [0.15, 0.2) is 89.0 Å². The molecule has 0 aliphatic rings. The van der Waals surface area contributed by atoms with Crippen molar-refractivity contribution in [3.05, 3.63) is 117 Å². The van der Waals surface area contributed by atoms with E-state index in [4.69, 9.17) is 0 Å². The molecule has 0 spiro atoms. The van der Waals surface area contributed by atoms with E-state index in [9.17, 15) is 9.59 Å². The third-order valence-corrected chi connectivity index (χ3v) is 6.42. The van der Waals surface area contributed by atoms with Gasteiger partial charge in [0.2, 0.25) is 0 Å². The molecule has 1 N–H and O–H groups in total. The molecule has 0 aliphatic heterocycles. The Morgan fingerprint density at radius 3 is 2.44 bits per heavy atom. The number of nitrogens with one attached hydrogen (secondary N) is 1. The summed E-state index contributed by atoms with van der Waals surface area (Å²) in [6, 6.07) is 25.0. The quantitative estimate of drug-likeness (QED) is 0.373. The lowest BCUT2D eigenvalue weighted by Crippen LogP contribution is -2.32. The Kier molecular flexibility index (Phi) is 6.01. The highest BCUT2D eigenvalue weighted by molar-refractivity contribution is 7.13. The Labute approximate surface area is 200 Å². The first-order valence-electron chi connectivity index (χ1n) is 10.9. The van der Waals surface area contributed by atoms with Gasteiger partial charge in [-0.2, -0.15) is 0 Å². The van der Waals surface area contributed by atoms with Crippen LogP contribution < -0.4 is 5.56 Å². The van der Waals surface area contributed by atoms with Crippen molar-refractivity contribution in [2.45, 2.75) is 20.0 Å². The lowest BCUT2D eigenvalue weighted by atomic mass is 10.2. The predicted molar refractivity (Wildman–Crippen MR) is 135 cm³/mol. The number of H-pyrrole nitrogens is 1. The molecule has 0 fully saturated rings. The smallest absolute Gasteiger partial charge is 0.274 e. The van der Waals surface area contributed by atoms with Gasteiger partial charge >= 0.3 is 0 Å². The second-order valence-electron chi connectivity index (χ2n) is 8.08. The van der Waals surface area contributed by atoms with Crippen LogP contribution in [0.3, 0.4) is 0 Å². The number of fused-ring (bicyclic) bond motifs is 1. The summed E-state index contributed by atoms with van der Waals surface area (Å²) in [6.07, 6.45) is 0. The Morgan fingerprint density at radius 1 is 0.912 bits per heavy atom. The number of hydrogen-bond donors (Lipinski definition) is 1. The molecule has 0 atom stereocenters. The molecule has 168 valence electrons. The van der Waals surface area contributed by atoms with Crippen LogP contribution in [-0.4, -0.2) is 25.8 Å². The molecule has 0 aliphatic carbocycles. The Bertz CT molecular complexity index is 1510. The van der Waals surface area contributed by atoms with Crippen LogP contribution in [0.1, 0.15) is 27.4 Å². The van der Waals surface area contributed by atoms with Gasteiger partial charge in [0.1, 0.15) is 16.5 Å². The minimum atomic E-state index is -0.219. The summed E-state index contributed by atoms with van der Waals surface area (Å²) in [5, 5.41) is 3.10. The van der Waals surface area contributed by atoms with Gasteiger partial charge in [-0.1, -0.05) is 72.3 Å². The fourth-order valence-electron chi connectivity index (χ4n) is 3.76. The second kappa shape index (κ2) is 9.41. The molecule has 0 saturated heterocycles. The summed E-state index contributed by atoms with van der Waals surface area (Å²) in [4.78, 5) is 39.8. The number of aromatic amines is 1. The standard InChI is InChI=1S/C27H22N4O2S/c1-18-11-13-20(14-12-18)26-29-23(17-34-26)27(33)31(15-19-7-3-2-4-8-19)16-24-28-22-10-6-5-9-21(22)25(32)30-24/h2-14,17H,15-16H2,1H3,(H,28,30,32). The van der Waals surface area contributed by atoms with E-state index in [2.05, 4.69) is 15.0 Å². The molecule has 0 unspecified atom stereocenters. The van der Waals surface area contributed by atoms with E-state index in [1.54, 1.807) is 28.5 Å². The zero-order valence-electron chi connectivity index (χ0n) is 18.6. The van der Waals surface area contributed by atoms with E-state index in [1.807, 2.05) is 67.6 Å².